The van der Waals surface area contributed by atoms with E-state index in [9.17, 15) is 8.42 Å². The second kappa shape index (κ2) is 6.13. The van der Waals surface area contributed by atoms with Crippen molar-refractivity contribution in [3.63, 3.8) is 0 Å². The number of nitrogens with zero attached hydrogens (tertiary/aromatic N) is 1. The normalized spacial score (nSPS) is 10.9. The first-order chi connectivity index (χ1) is 9.47. The van der Waals surface area contributed by atoms with Crippen molar-refractivity contribution >= 4 is 31.7 Å². The molecule has 3 rings (SSSR count). The van der Waals surface area contributed by atoms with Crippen LogP contribution < -0.4 is 0 Å². The fraction of sp³-hybridized carbons (Fsp3) is 0.0714. The molecule has 0 aliphatic rings. The third-order valence-electron chi connectivity index (χ3n) is 2.56. The number of benzene rings is 2. The predicted octanol–water partition coefficient (Wildman–Crippen LogP) is 3.54. The van der Waals surface area contributed by atoms with Gasteiger partial charge in [-0.25, -0.2) is 4.98 Å². The Balaban J connectivity index is 0.000000149. The van der Waals surface area contributed by atoms with Crippen molar-refractivity contribution in [2.45, 2.75) is 11.8 Å². The smallest absolute Gasteiger partial charge is 0.282 e. The molecule has 3 aromatic rings. The molecule has 0 saturated carbocycles. The molecule has 0 bridgehead atoms. The van der Waals surface area contributed by atoms with Gasteiger partial charge >= 0.3 is 0 Å². The Labute approximate surface area is 121 Å². The van der Waals surface area contributed by atoms with E-state index in [1.54, 1.807) is 23.5 Å². The van der Waals surface area contributed by atoms with Crippen LogP contribution in [-0.2, 0) is 10.1 Å². The number of fused-ring (bicyclic) bond motifs is 1. The van der Waals surface area contributed by atoms with Crippen LogP contribution in [0.4, 0.5) is 0 Å². The summed E-state index contributed by atoms with van der Waals surface area (Å²) in [6, 6.07) is 14.1. The molecular formula is C14H13NO3S2. The van der Waals surface area contributed by atoms with Gasteiger partial charge < -0.3 is 0 Å². The zero-order valence-corrected chi connectivity index (χ0v) is 12.4. The first kappa shape index (κ1) is 14.6. The van der Waals surface area contributed by atoms with Crippen LogP contribution in [0.5, 0.6) is 0 Å². The van der Waals surface area contributed by atoms with E-state index < -0.39 is 10.1 Å². The van der Waals surface area contributed by atoms with Gasteiger partial charge in [0.1, 0.15) is 0 Å². The van der Waals surface area contributed by atoms with Crippen molar-refractivity contribution < 1.29 is 13.0 Å². The monoisotopic (exact) mass is 307 g/mol. The summed E-state index contributed by atoms with van der Waals surface area (Å²) in [5, 5.41) is 0. The van der Waals surface area contributed by atoms with E-state index in [0.717, 1.165) is 11.1 Å². The standard InChI is InChI=1S/C7H5NS.C7H8O3S/c1-2-4-7-6(3-1)8-5-9-7;1-6-2-4-7(5-3-6)11(8,9)10/h1-5H;2-5H,1H3,(H,8,9,10). The summed E-state index contributed by atoms with van der Waals surface area (Å²) >= 11 is 1.68. The van der Waals surface area contributed by atoms with Gasteiger partial charge in [0.05, 0.1) is 20.6 Å². The Morgan fingerprint density at radius 3 is 2.30 bits per heavy atom. The lowest BCUT2D eigenvalue weighted by Crippen LogP contribution is -1.96. The quantitative estimate of drug-likeness (QED) is 0.698. The van der Waals surface area contributed by atoms with Crippen molar-refractivity contribution in [2.24, 2.45) is 0 Å². The van der Waals surface area contributed by atoms with Gasteiger partial charge in [0, 0.05) is 0 Å². The fourth-order valence-corrected chi connectivity index (χ4v) is 2.67. The molecule has 20 heavy (non-hydrogen) atoms. The largest absolute Gasteiger partial charge is 0.294 e. The Hall–Kier alpha value is -1.76. The summed E-state index contributed by atoms with van der Waals surface area (Å²) < 4.78 is 30.8. The van der Waals surface area contributed by atoms with E-state index in [-0.39, 0.29) is 4.90 Å². The van der Waals surface area contributed by atoms with E-state index in [1.165, 1.54) is 16.8 Å². The average Bonchev–Trinajstić information content (AvgIpc) is 2.87. The summed E-state index contributed by atoms with van der Waals surface area (Å²) in [5.74, 6) is 0. The first-order valence-electron chi connectivity index (χ1n) is 5.79. The van der Waals surface area contributed by atoms with Crippen LogP contribution in [0.1, 0.15) is 5.56 Å². The molecule has 1 aromatic heterocycles. The van der Waals surface area contributed by atoms with Crippen LogP contribution >= 0.6 is 11.3 Å². The van der Waals surface area contributed by atoms with Crippen molar-refractivity contribution in [1.29, 1.82) is 0 Å². The third kappa shape index (κ3) is 3.86. The average molecular weight is 307 g/mol. The van der Waals surface area contributed by atoms with Crippen LogP contribution in [0.25, 0.3) is 10.2 Å². The molecule has 0 fully saturated rings. The van der Waals surface area contributed by atoms with Crippen molar-refractivity contribution in [1.82, 2.24) is 4.98 Å². The maximum Gasteiger partial charge on any atom is 0.294 e. The molecule has 0 atom stereocenters. The number of hydrogen-bond donors (Lipinski definition) is 1. The molecule has 4 nitrogen and oxygen atoms in total. The topological polar surface area (TPSA) is 67.3 Å². The molecule has 0 saturated heterocycles. The van der Waals surface area contributed by atoms with Crippen LogP contribution in [0, 0.1) is 6.92 Å². The number of rotatable bonds is 1. The summed E-state index contributed by atoms with van der Waals surface area (Å²) in [6.07, 6.45) is 0. The fourth-order valence-electron chi connectivity index (χ4n) is 1.51. The molecule has 104 valence electrons. The predicted molar refractivity (Wildman–Crippen MR) is 80.6 cm³/mol. The Kier molecular flexibility index (Phi) is 4.49. The number of thiazole rings is 1. The van der Waals surface area contributed by atoms with E-state index in [2.05, 4.69) is 11.1 Å². The second-order valence-electron chi connectivity index (χ2n) is 4.11. The lowest BCUT2D eigenvalue weighted by Gasteiger charge is -1.95. The van der Waals surface area contributed by atoms with E-state index in [1.807, 2.05) is 30.6 Å². The molecule has 1 heterocycles. The summed E-state index contributed by atoms with van der Waals surface area (Å²) in [4.78, 5) is 4.07. The van der Waals surface area contributed by atoms with Crippen LogP contribution in [0.3, 0.4) is 0 Å². The van der Waals surface area contributed by atoms with Crippen molar-refractivity contribution in [3.05, 3.63) is 59.6 Å². The Morgan fingerprint density at radius 1 is 1.05 bits per heavy atom. The number of aryl methyl sites for hydroxylation is 1. The highest BCUT2D eigenvalue weighted by Gasteiger charge is 2.06. The number of hydrogen-bond acceptors (Lipinski definition) is 4. The van der Waals surface area contributed by atoms with E-state index in [0.29, 0.717) is 0 Å². The highest BCUT2D eigenvalue weighted by Crippen LogP contribution is 2.15. The van der Waals surface area contributed by atoms with Gasteiger partial charge in [0.25, 0.3) is 10.1 Å². The first-order valence-corrected chi connectivity index (χ1v) is 8.11. The van der Waals surface area contributed by atoms with Gasteiger partial charge in [-0.3, -0.25) is 4.55 Å². The Morgan fingerprint density at radius 2 is 1.70 bits per heavy atom. The van der Waals surface area contributed by atoms with Gasteiger partial charge in [0.15, 0.2) is 0 Å². The van der Waals surface area contributed by atoms with Gasteiger partial charge in [-0.1, -0.05) is 29.8 Å². The van der Waals surface area contributed by atoms with E-state index >= 15 is 0 Å². The number of para-hydroxylation sites is 1. The van der Waals surface area contributed by atoms with Crippen molar-refractivity contribution in [3.8, 4) is 0 Å². The van der Waals surface area contributed by atoms with Gasteiger partial charge in [-0.15, -0.1) is 11.3 Å². The lowest BCUT2D eigenvalue weighted by atomic mass is 10.2. The zero-order chi connectivity index (χ0) is 14.6. The molecule has 0 aliphatic heterocycles. The SMILES string of the molecule is Cc1ccc(S(=O)(=O)O)cc1.c1ccc2scnc2c1. The van der Waals surface area contributed by atoms with E-state index in [4.69, 9.17) is 4.55 Å². The van der Waals surface area contributed by atoms with Gasteiger partial charge in [-0.05, 0) is 31.2 Å². The molecule has 6 heteroatoms. The molecular weight excluding hydrogens is 294 g/mol. The summed E-state index contributed by atoms with van der Waals surface area (Å²) in [7, 11) is -4.02. The van der Waals surface area contributed by atoms with Crippen LogP contribution in [0.15, 0.2) is 58.9 Å². The zero-order valence-electron chi connectivity index (χ0n) is 10.7. The summed E-state index contributed by atoms with van der Waals surface area (Å²) in [5.41, 5.74) is 3.92. The lowest BCUT2D eigenvalue weighted by molar-refractivity contribution is 0.483. The maximum atomic E-state index is 10.5. The molecule has 1 N–H and O–H groups in total. The maximum absolute atomic E-state index is 10.5. The van der Waals surface area contributed by atoms with Crippen LogP contribution in [-0.4, -0.2) is 18.0 Å². The van der Waals surface area contributed by atoms with Gasteiger partial charge in [-0.2, -0.15) is 8.42 Å². The Bertz CT molecular complexity index is 762. The summed E-state index contributed by atoms with van der Waals surface area (Å²) in [6.45, 7) is 1.84. The highest BCUT2D eigenvalue weighted by atomic mass is 32.2. The molecule has 0 amide bonds. The minimum absolute atomic E-state index is 0.0666. The minimum atomic E-state index is -4.02. The molecule has 0 spiro atoms. The molecule has 0 aliphatic carbocycles. The second-order valence-corrected chi connectivity index (χ2v) is 6.42. The highest BCUT2D eigenvalue weighted by molar-refractivity contribution is 7.85. The van der Waals surface area contributed by atoms with Gasteiger partial charge in [0.2, 0.25) is 0 Å². The van der Waals surface area contributed by atoms with Crippen LogP contribution in [0.2, 0.25) is 0 Å². The molecule has 0 radical (unpaired) electrons. The number of aromatic nitrogens is 1. The van der Waals surface area contributed by atoms with Crippen molar-refractivity contribution in [2.75, 3.05) is 0 Å². The third-order valence-corrected chi connectivity index (χ3v) is 4.23. The molecule has 2 aromatic carbocycles. The minimum Gasteiger partial charge on any atom is -0.282 e. The molecule has 0 unspecified atom stereocenters.